The molecule has 2 aromatic carbocycles. The van der Waals surface area contributed by atoms with Gasteiger partial charge < -0.3 is 7.43 Å². The Morgan fingerprint density at radius 1 is 0.889 bits per heavy atom. The first-order chi connectivity index (χ1) is 7.88. The molecule has 1 radical (unpaired) electrons. The maximum atomic E-state index is 3.22. The molecule has 0 spiro atoms. The van der Waals surface area contributed by atoms with Crippen LogP contribution in [-0.4, -0.2) is 0 Å². The maximum Gasteiger partial charge on any atom is 3.00 e. The van der Waals surface area contributed by atoms with E-state index >= 15 is 0 Å². The minimum absolute atomic E-state index is 0. The summed E-state index contributed by atoms with van der Waals surface area (Å²) < 4.78 is 0. The fourth-order valence-electron chi connectivity index (χ4n) is 2.19. The zero-order chi connectivity index (χ0) is 11.2. The molecule has 97 valence electrons. The first-order valence-electron chi connectivity index (χ1n) is 6.24. The van der Waals surface area contributed by atoms with Crippen molar-refractivity contribution in [1.82, 2.24) is 0 Å². The number of hydrogen-bond donors (Lipinski definition) is 0. The van der Waals surface area contributed by atoms with Crippen molar-refractivity contribution < 1.29 is 17.1 Å². The molecule has 0 bridgehead atoms. The van der Waals surface area contributed by atoms with E-state index in [0.29, 0.717) is 0 Å². The summed E-state index contributed by atoms with van der Waals surface area (Å²) >= 11 is 0. The van der Waals surface area contributed by atoms with E-state index in [1.807, 2.05) is 12.1 Å². The molecule has 0 aromatic heterocycles. The van der Waals surface area contributed by atoms with Crippen LogP contribution in [0, 0.1) is 20.4 Å². The van der Waals surface area contributed by atoms with Gasteiger partial charge in [0, 0.05) is 0 Å². The van der Waals surface area contributed by atoms with Crippen molar-refractivity contribution in [2.75, 3.05) is 0 Å². The molecule has 1 aliphatic rings. The van der Waals surface area contributed by atoms with Crippen LogP contribution in [-0.2, 0) is 17.1 Å². The van der Waals surface area contributed by atoms with E-state index in [1.165, 1.54) is 48.4 Å². The van der Waals surface area contributed by atoms with Gasteiger partial charge in [-0.3, -0.25) is 0 Å². The predicted molar refractivity (Wildman–Crippen MR) is 77.0 cm³/mol. The SMILES string of the molecule is C1CCCC1.Cc1cccc2ccc[c-]c12.[CH3-].[Fe+3]. The maximum absolute atomic E-state index is 3.22. The van der Waals surface area contributed by atoms with Crippen LogP contribution in [0.4, 0.5) is 0 Å². The molecule has 3 rings (SSSR count). The van der Waals surface area contributed by atoms with E-state index in [9.17, 15) is 0 Å². The van der Waals surface area contributed by atoms with E-state index in [0.717, 1.165) is 0 Å². The van der Waals surface area contributed by atoms with E-state index in [4.69, 9.17) is 0 Å². The number of hydrogen-bond acceptors (Lipinski definition) is 0. The van der Waals surface area contributed by atoms with Gasteiger partial charge in [0.05, 0.1) is 0 Å². The van der Waals surface area contributed by atoms with Gasteiger partial charge in [0.15, 0.2) is 0 Å². The first kappa shape index (κ1) is 17.2. The average molecular weight is 282 g/mol. The van der Waals surface area contributed by atoms with Crippen molar-refractivity contribution in [1.29, 1.82) is 0 Å². The monoisotopic (exact) mass is 282 g/mol. The van der Waals surface area contributed by atoms with Gasteiger partial charge >= 0.3 is 17.1 Å². The van der Waals surface area contributed by atoms with Gasteiger partial charge in [-0.15, -0.1) is 46.7 Å². The van der Waals surface area contributed by atoms with Crippen LogP contribution in [0.25, 0.3) is 10.8 Å². The van der Waals surface area contributed by atoms with Crippen molar-refractivity contribution in [3.63, 3.8) is 0 Å². The number of fused-ring (bicyclic) bond motifs is 1. The van der Waals surface area contributed by atoms with Gasteiger partial charge in [-0.25, -0.2) is 0 Å². The molecule has 0 nitrogen and oxygen atoms in total. The summed E-state index contributed by atoms with van der Waals surface area (Å²) in [6.45, 7) is 2.11. The van der Waals surface area contributed by atoms with Gasteiger partial charge in [-0.05, 0) is 0 Å². The molecular formula is C17H22Fe+. The Balaban J connectivity index is 0.000000357. The molecule has 0 aliphatic heterocycles. The van der Waals surface area contributed by atoms with Gasteiger partial charge in [0.25, 0.3) is 0 Å². The summed E-state index contributed by atoms with van der Waals surface area (Å²) in [4.78, 5) is 0. The topological polar surface area (TPSA) is 0 Å². The van der Waals surface area contributed by atoms with Gasteiger partial charge in [-0.1, -0.05) is 51.2 Å². The summed E-state index contributed by atoms with van der Waals surface area (Å²) in [5.41, 5.74) is 1.29. The largest absolute Gasteiger partial charge is 3.00 e. The van der Waals surface area contributed by atoms with Gasteiger partial charge in [-0.2, -0.15) is 0 Å². The molecular weight excluding hydrogens is 260 g/mol. The third-order valence-electron chi connectivity index (χ3n) is 3.15. The smallest absolute Gasteiger partial charge is 0.358 e. The third-order valence-corrected chi connectivity index (χ3v) is 3.15. The molecule has 1 aliphatic carbocycles. The van der Waals surface area contributed by atoms with Crippen LogP contribution in [0.1, 0.15) is 37.7 Å². The quantitative estimate of drug-likeness (QED) is 0.451. The Hall–Kier alpha value is -0.781. The van der Waals surface area contributed by atoms with Gasteiger partial charge in [0.2, 0.25) is 0 Å². The molecule has 0 unspecified atom stereocenters. The standard InChI is InChI=1S/C11H9.C5H10.CH3.Fe/c1-9-5-4-7-10-6-2-3-8-11(9)10;1-2-4-5-3-1;;/h2-7H,1H3;1-5H2;1H3;/q-1;;-1;+3. The van der Waals surface area contributed by atoms with Crippen molar-refractivity contribution in [3.05, 3.63) is 55.5 Å². The van der Waals surface area contributed by atoms with Crippen LogP contribution in [0.2, 0.25) is 0 Å². The molecule has 0 amide bonds. The number of benzene rings is 2. The molecule has 1 fully saturated rings. The molecule has 18 heavy (non-hydrogen) atoms. The summed E-state index contributed by atoms with van der Waals surface area (Å²) in [5, 5.41) is 2.50. The summed E-state index contributed by atoms with van der Waals surface area (Å²) in [5.74, 6) is 0. The molecule has 0 N–H and O–H groups in total. The molecule has 0 heterocycles. The van der Waals surface area contributed by atoms with Crippen molar-refractivity contribution >= 4 is 10.8 Å². The predicted octanol–water partition coefficient (Wildman–Crippen LogP) is 5.35. The second kappa shape index (κ2) is 9.19. The molecule has 0 atom stereocenters. The molecule has 1 heteroatoms. The second-order valence-electron chi connectivity index (χ2n) is 4.48. The minimum atomic E-state index is 0. The number of rotatable bonds is 0. The fraction of sp³-hybridized carbons (Fsp3) is 0.353. The molecule has 2 aromatic rings. The van der Waals surface area contributed by atoms with Crippen molar-refractivity contribution in [2.45, 2.75) is 39.0 Å². The Labute approximate surface area is 122 Å². The minimum Gasteiger partial charge on any atom is -0.358 e. The van der Waals surface area contributed by atoms with E-state index in [1.54, 1.807) is 0 Å². The van der Waals surface area contributed by atoms with Crippen LogP contribution in [0.5, 0.6) is 0 Å². The van der Waals surface area contributed by atoms with Gasteiger partial charge in [0.1, 0.15) is 0 Å². The van der Waals surface area contributed by atoms with Crippen LogP contribution >= 0.6 is 0 Å². The summed E-state index contributed by atoms with van der Waals surface area (Å²) in [7, 11) is 0. The normalized spacial score (nSPS) is 12.9. The first-order valence-corrected chi connectivity index (χ1v) is 6.24. The zero-order valence-corrected chi connectivity index (χ0v) is 12.5. The van der Waals surface area contributed by atoms with Crippen molar-refractivity contribution in [3.8, 4) is 0 Å². The molecule has 0 saturated heterocycles. The molecule has 1 saturated carbocycles. The summed E-state index contributed by atoms with van der Waals surface area (Å²) in [6.07, 6.45) is 7.50. The third kappa shape index (κ3) is 4.84. The van der Waals surface area contributed by atoms with E-state index in [2.05, 4.69) is 37.3 Å². The van der Waals surface area contributed by atoms with Crippen LogP contribution in [0.3, 0.4) is 0 Å². The Morgan fingerprint density at radius 3 is 2.00 bits per heavy atom. The van der Waals surface area contributed by atoms with E-state index in [-0.39, 0.29) is 24.5 Å². The second-order valence-corrected chi connectivity index (χ2v) is 4.48. The van der Waals surface area contributed by atoms with Crippen LogP contribution in [0.15, 0.2) is 36.4 Å². The zero-order valence-electron chi connectivity index (χ0n) is 11.4. The summed E-state index contributed by atoms with van der Waals surface area (Å²) in [6, 6.07) is 15.6. The Bertz CT molecular complexity index is 431. The average Bonchev–Trinajstić information content (AvgIpc) is 2.88. The fourth-order valence-corrected chi connectivity index (χ4v) is 2.19. The number of aryl methyl sites for hydroxylation is 1. The van der Waals surface area contributed by atoms with E-state index < -0.39 is 0 Å². The van der Waals surface area contributed by atoms with Crippen molar-refractivity contribution in [2.24, 2.45) is 0 Å². The van der Waals surface area contributed by atoms with Crippen LogP contribution < -0.4 is 0 Å². The Kier molecular flexibility index (Phi) is 8.79. The Morgan fingerprint density at radius 2 is 1.44 bits per heavy atom.